The number of aliphatic hydroxyl groups excluding tert-OH is 1. The summed E-state index contributed by atoms with van der Waals surface area (Å²) in [5, 5.41) is 9.38. The van der Waals surface area contributed by atoms with Gasteiger partial charge in [-0.1, -0.05) is 179 Å². The minimum atomic E-state index is 0.0393. The zero-order valence-electron chi connectivity index (χ0n) is 32.7. The van der Waals surface area contributed by atoms with Crippen molar-refractivity contribution in [2.45, 2.75) is 102 Å². The summed E-state index contributed by atoms with van der Waals surface area (Å²) in [4.78, 5) is 0. The van der Waals surface area contributed by atoms with E-state index < -0.39 is 0 Å². The maximum Gasteiger partial charge on any atom is 0.119 e. The highest BCUT2D eigenvalue weighted by atomic mass is 16.5. The smallest absolute Gasteiger partial charge is 0.119 e. The van der Waals surface area contributed by atoms with Gasteiger partial charge in [-0.05, 0) is 118 Å². The monoisotopic (exact) mass is 714 g/mol. The Morgan fingerprint density at radius 3 is 1.17 bits per heavy atom. The molecule has 0 saturated carbocycles. The molecule has 0 amide bonds. The zero-order valence-corrected chi connectivity index (χ0v) is 32.7. The van der Waals surface area contributed by atoms with Gasteiger partial charge in [-0.25, -0.2) is 0 Å². The molecule has 0 bridgehead atoms. The van der Waals surface area contributed by atoms with Gasteiger partial charge in [0.25, 0.3) is 0 Å². The highest BCUT2D eigenvalue weighted by Gasteiger charge is 2.25. The average molecular weight is 715 g/mol. The van der Waals surface area contributed by atoms with Crippen molar-refractivity contribution in [1.82, 2.24) is 0 Å². The molecule has 1 N–H and O–H groups in total. The summed E-state index contributed by atoms with van der Waals surface area (Å²) in [6.45, 7) is 10.1. The molecule has 0 aromatic heterocycles. The Morgan fingerprint density at radius 2 is 0.722 bits per heavy atom. The molecule has 0 spiro atoms. The predicted octanol–water partition coefficient (Wildman–Crippen LogP) is 13.7. The minimum absolute atomic E-state index is 0.0393. The molecule has 0 aliphatic heterocycles. The Hall–Kier alpha value is -4.92. The average Bonchev–Trinajstić information content (AvgIpc) is 3.23. The summed E-state index contributed by atoms with van der Waals surface area (Å²) in [5.41, 5.74) is 10.5. The molecule has 6 unspecified atom stereocenters. The number of benzene rings is 6. The second kappa shape index (κ2) is 19.4. The maximum absolute atomic E-state index is 9.38. The molecular formula is C52H58O2. The van der Waals surface area contributed by atoms with Gasteiger partial charge >= 0.3 is 0 Å². The zero-order chi connectivity index (χ0) is 37.7. The van der Waals surface area contributed by atoms with Crippen LogP contribution in [0.1, 0.15) is 133 Å². The van der Waals surface area contributed by atoms with Crippen LogP contribution in [0, 0.1) is 0 Å². The van der Waals surface area contributed by atoms with Crippen LogP contribution in [0.25, 0.3) is 0 Å². The van der Waals surface area contributed by atoms with E-state index in [0.717, 1.165) is 42.6 Å². The summed E-state index contributed by atoms with van der Waals surface area (Å²) in [7, 11) is 0. The molecule has 6 rings (SSSR count). The quantitative estimate of drug-likeness (QED) is 0.0960. The SMILES string of the molecule is CC(CC(C)c1ccc(C(C)CC(CC(CC(C)c2ccccc2)c2ccc(COc3ccc(CO)cc3)cc2)c2ccccc2)cc1)c1ccccc1. The van der Waals surface area contributed by atoms with E-state index in [0.29, 0.717) is 42.1 Å². The van der Waals surface area contributed by atoms with E-state index >= 15 is 0 Å². The van der Waals surface area contributed by atoms with Crippen molar-refractivity contribution < 1.29 is 9.84 Å². The Balaban J connectivity index is 1.18. The maximum atomic E-state index is 9.38. The molecule has 0 saturated heterocycles. The van der Waals surface area contributed by atoms with E-state index in [1.165, 1.54) is 33.4 Å². The first kappa shape index (κ1) is 38.8. The van der Waals surface area contributed by atoms with Gasteiger partial charge in [-0.3, -0.25) is 0 Å². The molecule has 0 aliphatic rings. The van der Waals surface area contributed by atoms with Gasteiger partial charge in [-0.2, -0.15) is 0 Å². The number of rotatable bonds is 18. The summed E-state index contributed by atoms with van der Waals surface area (Å²) in [5.74, 6) is 3.54. The molecule has 0 aliphatic carbocycles. The third kappa shape index (κ3) is 10.8. The van der Waals surface area contributed by atoms with E-state index in [-0.39, 0.29) is 6.61 Å². The van der Waals surface area contributed by atoms with Crippen molar-refractivity contribution in [3.63, 3.8) is 0 Å². The molecule has 6 atom stereocenters. The van der Waals surface area contributed by atoms with Crippen molar-refractivity contribution >= 4 is 0 Å². The number of hydrogen-bond donors (Lipinski definition) is 1. The lowest BCUT2D eigenvalue weighted by molar-refractivity contribution is 0.280. The van der Waals surface area contributed by atoms with Crippen molar-refractivity contribution in [3.8, 4) is 5.75 Å². The normalized spacial score (nSPS) is 14.8. The lowest BCUT2D eigenvalue weighted by atomic mass is 9.75. The van der Waals surface area contributed by atoms with Crippen LogP contribution >= 0.6 is 0 Å². The van der Waals surface area contributed by atoms with Crippen LogP contribution in [0.3, 0.4) is 0 Å². The van der Waals surface area contributed by atoms with E-state index in [1.807, 2.05) is 24.3 Å². The third-order valence-corrected chi connectivity index (χ3v) is 11.6. The van der Waals surface area contributed by atoms with Gasteiger partial charge < -0.3 is 9.84 Å². The van der Waals surface area contributed by atoms with E-state index in [9.17, 15) is 5.11 Å². The first-order valence-electron chi connectivity index (χ1n) is 20.0. The Kier molecular flexibility index (Phi) is 14.0. The Bertz CT molecular complexity index is 1930. The molecule has 2 nitrogen and oxygen atoms in total. The molecule has 54 heavy (non-hydrogen) atoms. The molecule has 6 aromatic carbocycles. The summed E-state index contributed by atoms with van der Waals surface area (Å²) in [6, 6.07) is 59.5. The summed E-state index contributed by atoms with van der Waals surface area (Å²) < 4.78 is 6.10. The van der Waals surface area contributed by atoms with E-state index in [1.54, 1.807) is 0 Å². The second-order valence-electron chi connectivity index (χ2n) is 15.7. The molecule has 6 aromatic rings. The molecular weight excluding hydrogens is 657 g/mol. The molecule has 2 heteroatoms. The summed E-state index contributed by atoms with van der Waals surface area (Å²) in [6.07, 6.45) is 4.42. The van der Waals surface area contributed by atoms with Crippen molar-refractivity contribution in [3.05, 3.63) is 208 Å². The fourth-order valence-corrected chi connectivity index (χ4v) is 8.19. The van der Waals surface area contributed by atoms with Crippen LogP contribution in [0.5, 0.6) is 5.75 Å². The van der Waals surface area contributed by atoms with Crippen LogP contribution in [-0.2, 0) is 13.2 Å². The largest absolute Gasteiger partial charge is 0.489 e. The standard InChI is InChI=1S/C52H58O2/c1-38(44-14-8-5-9-15-44)32-39(2)46-26-28-47(29-27-46)41(4)34-50(48-18-12-7-13-19-48)35-51(33-40(3)45-16-10-6-11-17-45)49-24-20-43(21-25-49)37-54-52-30-22-42(36-53)23-31-52/h5-31,38-41,50-51,53H,32-37H2,1-4H3. The van der Waals surface area contributed by atoms with Crippen molar-refractivity contribution in [2.75, 3.05) is 0 Å². The molecule has 0 heterocycles. The van der Waals surface area contributed by atoms with Crippen molar-refractivity contribution in [2.24, 2.45) is 0 Å². The first-order chi connectivity index (χ1) is 26.4. The van der Waals surface area contributed by atoms with Crippen LogP contribution in [-0.4, -0.2) is 5.11 Å². The Labute approximate surface area is 324 Å². The third-order valence-electron chi connectivity index (χ3n) is 11.6. The first-order valence-corrected chi connectivity index (χ1v) is 20.0. The second-order valence-corrected chi connectivity index (χ2v) is 15.7. The lowest BCUT2D eigenvalue weighted by Gasteiger charge is -2.29. The van der Waals surface area contributed by atoms with Gasteiger partial charge in [0.15, 0.2) is 0 Å². The fraction of sp³-hybridized carbons (Fsp3) is 0.308. The van der Waals surface area contributed by atoms with Crippen LogP contribution in [0.15, 0.2) is 164 Å². The predicted molar refractivity (Wildman–Crippen MR) is 227 cm³/mol. The topological polar surface area (TPSA) is 29.5 Å². The molecule has 0 radical (unpaired) electrons. The van der Waals surface area contributed by atoms with Crippen LogP contribution in [0.4, 0.5) is 0 Å². The number of hydrogen-bond acceptors (Lipinski definition) is 2. The summed E-state index contributed by atoms with van der Waals surface area (Å²) >= 11 is 0. The van der Waals surface area contributed by atoms with Gasteiger partial charge in [0.2, 0.25) is 0 Å². The van der Waals surface area contributed by atoms with Gasteiger partial charge in [0.05, 0.1) is 6.61 Å². The highest BCUT2D eigenvalue weighted by molar-refractivity contribution is 5.32. The highest BCUT2D eigenvalue weighted by Crippen LogP contribution is 2.41. The molecule has 278 valence electrons. The van der Waals surface area contributed by atoms with Crippen molar-refractivity contribution in [1.29, 1.82) is 0 Å². The van der Waals surface area contributed by atoms with Crippen LogP contribution < -0.4 is 4.74 Å². The van der Waals surface area contributed by atoms with Crippen LogP contribution in [0.2, 0.25) is 0 Å². The number of aliphatic hydroxyl groups is 1. The number of ether oxygens (including phenoxy) is 1. The Morgan fingerprint density at radius 1 is 0.370 bits per heavy atom. The fourth-order valence-electron chi connectivity index (χ4n) is 8.19. The van der Waals surface area contributed by atoms with E-state index in [4.69, 9.17) is 4.74 Å². The molecule has 0 fully saturated rings. The minimum Gasteiger partial charge on any atom is -0.489 e. The van der Waals surface area contributed by atoms with Gasteiger partial charge in [0.1, 0.15) is 12.4 Å². The lowest BCUT2D eigenvalue weighted by Crippen LogP contribution is -2.12. The van der Waals surface area contributed by atoms with Gasteiger partial charge in [-0.15, -0.1) is 0 Å². The van der Waals surface area contributed by atoms with E-state index in [2.05, 4.69) is 167 Å². The van der Waals surface area contributed by atoms with Gasteiger partial charge in [0, 0.05) is 0 Å².